The molecule has 1 unspecified atom stereocenters. The molecule has 11 heavy (non-hydrogen) atoms. The Kier molecular flexibility index (Phi) is 3.34. The second-order valence-corrected chi connectivity index (χ2v) is 3.76. The predicted molar refractivity (Wildman–Crippen MR) is 59.7 cm³/mol. The standard InChI is InChI=1S/C8H5BrS2/c9-7-2-1-6(3-4-10)5-8(7)11/h1-3,5,7H. The summed E-state index contributed by atoms with van der Waals surface area (Å²) in [5.74, 6) is 0. The Morgan fingerprint density at radius 2 is 2.36 bits per heavy atom. The highest BCUT2D eigenvalue weighted by Gasteiger charge is 2.08. The third kappa shape index (κ3) is 2.46. The largest absolute Gasteiger partial charge is 0.0833 e. The first-order valence-electron chi connectivity index (χ1n) is 3.03. The first kappa shape index (κ1) is 9.01. The summed E-state index contributed by atoms with van der Waals surface area (Å²) in [6, 6.07) is 0. The van der Waals surface area contributed by atoms with Crippen molar-refractivity contribution in [1.29, 1.82) is 0 Å². The van der Waals surface area contributed by atoms with Crippen LogP contribution in [0.2, 0.25) is 0 Å². The molecule has 1 aliphatic carbocycles. The summed E-state index contributed by atoms with van der Waals surface area (Å²) in [6.07, 6.45) is 7.60. The normalized spacial score (nSPS) is 22.5. The molecule has 1 atom stereocenters. The fraction of sp³-hybridized carbons (Fsp3) is 0.125. The first-order chi connectivity index (χ1) is 5.24. The van der Waals surface area contributed by atoms with E-state index in [4.69, 9.17) is 12.2 Å². The van der Waals surface area contributed by atoms with Crippen LogP contribution in [0.25, 0.3) is 0 Å². The van der Waals surface area contributed by atoms with Crippen LogP contribution in [0.1, 0.15) is 0 Å². The number of halogens is 1. The minimum absolute atomic E-state index is 0.194. The lowest BCUT2D eigenvalue weighted by molar-refractivity contribution is 1.51. The highest BCUT2D eigenvalue weighted by molar-refractivity contribution is 9.10. The van der Waals surface area contributed by atoms with Gasteiger partial charge in [-0.1, -0.05) is 40.3 Å². The average Bonchev–Trinajstić information content (AvgIpc) is 1.98. The molecule has 0 N–H and O–H groups in total. The average molecular weight is 245 g/mol. The minimum Gasteiger partial charge on any atom is -0.0833 e. The van der Waals surface area contributed by atoms with Gasteiger partial charge in [0.05, 0.1) is 4.83 Å². The second-order valence-electron chi connectivity index (χ2n) is 2.07. The van der Waals surface area contributed by atoms with Crippen molar-refractivity contribution >= 4 is 50.3 Å². The van der Waals surface area contributed by atoms with E-state index in [-0.39, 0.29) is 4.83 Å². The molecule has 0 spiro atoms. The van der Waals surface area contributed by atoms with E-state index in [0.717, 1.165) is 10.4 Å². The number of allylic oxidation sites excluding steroid dienone is 5. The molecule has 0 fully saturated rings. The summed E-state index contributed by atoms with van der Waals surface area (Å²) in [5, 5.41) is 2.54. The Balaban J connectivity index is 2.88. The Labute approximate surface area is 84.8 Å². The van der Waals surface area contributed by atoms with Crippen LogP contribution in [0.15, 0.2) is 29.9 Å². The van der Waals surface area contributed by atoms with Crippen molar-refractivity contribution in [3.05, 3.63) is 29.9 Å². The van der Waals surface area contributed by atoms with Gasteiger partial charge < -0.3 is 0 Å². The molecule has 1 aliphatic rings. The Bertz CT molecular complexity index is 282. The zero-order chi connectivity index (χ0) is 8.27. The highest BCUT2D eigenvalue weighted by Crippen LogP contribution is 2.15. The lowest BCUT2D eigenvalue weighted by Gasteiger charge is -2.07. The van der Waals surface area contributed by atoms with Gasteiger partial charge in [-0.25, -0.2) is 0 Å². The van der Waals surface area contributed by atoms with E-state index in [1.165, 1.54) is 0 Å². The van der Waals surface area contributed by atoms with E-state index in [0.29, 0.717) is 0 Å². The number of hydrogen-bond acceptors (Lipinski definition) is 2. The van der Waals surface area contributed by atoms with Gasteiger partial charge in [-0.3, -0.25) is 0 Å². The van der Waals surface area contributed by atoms with Crippen LogP contribution in [-0.2, 0) is 0 Å². The van der Waals surface area contributed by atoms with Gasteiger partial charge in [0.2, 0.25) is 0 Å². The van der Waals surface area contributed by atoms with Crippen LogP contribution in [-0.4, -0.2) is 14.7 Å². The Morgan fingerprint density at radius 3 is 2.91 bits per heavy atom. The quantitative estimate of drug-likeness (QED) is 0.514. The van der Waals surface area contributed by atoms with Gasteiger partial charge in [0.25, 0.3) is 0 Å². The summed E-state index contributed by atoms with van der Waals surface area (Å²) in [6.45, 7) is 0. The molecule has 0 aromatic rings. The minimum atomic E-state index is 0.194. The molecule has 56 valence electrons. The topological polar surface area (TPSA) is 0 Å². The first-order valence-corrected chi connectivity index (χ1v) is 4.76. The van der Waals surface area contributed by atoms with Crippen LogP contribution in [0.5, 0.6) is 0 Å². The number of thiocarbonyl (C=S) groups is 2. The molecule has 1 rings (SSSR count). The number of rotatable bonds is 1. The van der Waals surface area contributed by atoms with Gasteiger partial charge >= 0.3 is 0 Å². The van der Waals surface area contributed by atoms with Crippen molar-refractivity contribution in [3.63, 3.8) is 0 Å². The van der Waals surface area contributed by atoms with Crippen LogP contribution in [0.3, 0.4) is 0 Å². The van der Waals surface area contributed by atoms with Gasteiger partial charge in [0.1, 0.15) is 0 Å². The zero-order valence-electron chi connectivity index (χ0n) is 5.58. The zero-order valence-corrected chi connectivity index (χ0v) is 8.80. The number of alkyl halides is 1. The summed E-state index contributed by atoms with van der Waals surface area (Å²) in [4.78, 5) is 1.07. The fourth-order valence-corrected chi connectivity index (χ4v) is 1.38. The van der Waals surface area contributed by atoms with Gasteiger partial charge in [-0.2, -0.15) is 0 Å². The SMILES string of the molecule is S=C=CC1=CC(=S)C(Br)C=C1. The Morgan fingerprint density at radius 1 is 1.64 bits per heavy atom. The van der Waals surface area contributed by atoms with Crippen molar-refractivity contribution in [2.75, 3.05) is 0 Å². The molecule has 0 saturated heterocycles. The van der Waals surface area contributed by atoms with Crippen LogP contribution in [0.4, 0.5) is 0 Å². The summed E-state index contributed by atoms with van der Waals surface area (Å²) in [7, 11) is 0. The maximum absolute atomic E-state index is 5.06. The molecule has 0 nitrogen and oxygen atoms in total. The third-order valence-electron chi connectivity index (χ3n) is 1.26. The molecule has 0 aliphatic heterocycles. The van der Waals surface area contributed by atoms with Crippen LogP contribution < -0.4 is 0 Å². The van der Waals surface area contributed by atoms with Gasteiger partial charge in [-0.05, 0) is 35.0 Å². The molecule has 0 saturated carbocycles. The van der Waals surface area contributed by atoms with Crippen molar-refractivity contribution in [3.8, 4) is 0 Å². The molecule has 0 radical (unpaired) electrons. The van der Waals surface area contributed by atoms with E-state index in [1.54, 1.807) is 6.08 Å². The maximum atomic E-state index is 5.06. The molecule has 0 aromatic carbocycles. The summed E-state index contributed by atoms with van der Waals surface area (Å²) in [5.41, 5.74) is 1.01. The number of hydrogen-bond donors (Lipinski definition) is 0. The van der Waals surface area contributed by atoms with Crippen LogP contribution >= 0.6 is 40.4 Å². The lowest BCUT2D eigenvalue weighted by Crippen LogP contribution is -2.08. The molecule has 0 bridgehead atoms. The molecule has 0 amide bonds. The van der Waals surface area contributed by atoms with E-state index in [2.05, 4.69) is 33.2 Å². The molecular formula is C8H5BrS2. The molecule has 3 heteroatoms. The molecule has 0 heterocycles. The van der Waals surface area contributed by atoms with Gasteiger partial charge in [0.15, 0.2) is 0 Å². The van der Waals surface area contributed by atoms with Crippen molar-refractivity contribution in [2.24, 2.45) is 0 Å². The van der Waals surface area contributed by atoms with Crippen molar-refractivity contribution in [2.45, 2.75) is 4.83 Å². The monoisotopic (exact) mass is 244 g/mol. The van der Waals surface area contributed by atoms with Crippen LogP contribution in [0, 0.1) is 0 Å². The van der Waals surface area contributed by atoms with Gasteiger partial charge in [-0.15, -0.1) is 0 Å². The Hall–Kier alpha value is -0.0800. The van der Waals surface area contributed by atoms with E-state index in [1.807, 2.05) is 18.2 Å². The highest BCUT2D eigenvalue weighted by atomic mass is 79.9. The second kappa shape index (κ2) is 4.07. The fourth-order valence-electron chi connectivity index (χ4n) is 0.740. The van der Waals surface area contributed by atoms with Crippen molar-refractivity contribution < 1.29 is 0 Å². The molecular weight excluding hydrogens is 240 g/mol. The smallest absolute Gasteiger partial charge is 0.0680 e. The summed E-state index contributed by atoms with van der Waals surface area (Å²) < 4.78 is 0. The molecule has 0 aromatic heterocycles. The maximum Gasteiger partial charge on any atom is 0.0680 e. The third-order valence-corrected chi connectivity index (χ3v) is 2.86. The van der Waals surface area contributed by atoms with Gasteiger partial charge in [0, 0.05) is 4.86 Å². The van der Waals surface area contributed by atoms with E-state index < -0.39 is 0 Å². The van der Waals surface area contributed by atoms with E-state index in [9.17, 15) is 0 Å². The summed E-state index contributed by atoms with van der Waals surface area (Å²) >= 11 is 13.0. The van der Waals surface area contributed by atoms with E-state index >= 15 is 0 Å². The lowest BCUT2D eigenvalue weighted by atomic mass is 10.1. The predicted octanol–water partition coefficient (Wildman–Crippen LogP) is 2.77. The van der Waals surface area contributed by atoms with Crippen molar-refractivity contribution in [1.82, 2.24) is 0 Å².